The highest BCUT2D eigenvalue weighted by Gasteiger charge is 2.20. The van der Waals surface area contributed by atoms with E-state index >= 15 is 0 Å². The Hall–Kier alpha value is -2.26. The van der Waals surface area contributed by atoms with E-state index in [2.05, 4.69) is 16.4 Å². The second-order valence-electron chi connectivity index (χ2n) is 5.30. The Kier molecular flexibility index (Phi) is 5.45. The third-order valence-electron chi connectivity index (χ3n) is 3.75. The van der Waals surface area contributed by atoms with Crippen molar-refractivity contribution < 1.29 is 9.21 Å². The summed E-state index contributed by atoms with van der Waals surface area (Å²) in [4.78, 5) is 16.7. The van der Waals surface area contributed by atoms with Crippen LogP contribution >= 0.6 is 11.8 Å². The molecule has 0 fully saturated rings. The van der Waals surface area contributed by atoms with Crippen molar-refractivity contribution >= 4 is 17.7 Å². The van der Waals surface area contributed by atoms with Crippen LogP contribution in [0.3, 0.4) is 0 Å². The minimum absolute atomic E-state index is 0.118. The van der Waals surface area contributed by atoms with Gasteiger partial charge < -0.3 is 9.73 Å². The van der Waals surface area contributed by atoms with Crippen molar-refractivity contribution in [3.05, 3.63) is 46.5 Å². The number of aromatic nitrogens is 1. The molecule has 0 spiro atoms. The van der Waals surface area contributed by atoms with E-state index in [-0.39, 0.29) is 11.2 Å². The van der Waals surface area contributed by atoms with E-state index in [1.807, 2.05) is 20.8 Å². The van der Waals surface area contributed by atoms with Gasteiger partial charge in [-0.2, -0.15) is 5.26 Å². The molecule has 0 aliphatic carbocycles. The van der Waals surface area contributed by atoms with Crippen LogP contribution in [0, 0.1) is 32.1 Å². The first-order valence-corrected chi connectivity index (χ1v) is 8.16. The predicted molar refractivity (Wildman–Crippen MR) is 89.0 cm³/mol. The van der Waals surface area contributed by atoms with Crippen molar-refractivity contribution in [2.75, 3.05) is 0 Å². The van der Waals surface area contributed by atoms with E-state index in [4.69, 9.17) is 4.42 Å². The van der Waals surface area contributed by atoms with Gasteiger partial charge in [0.05, 0.1) is 23.6 Å². The minimum atomic E-state index is -0.355. The number of nitrogens with one attached hydrogen (secondary N) is 1. The molecule has 6 heteroatoms. The zero-order valence-corrected chi connectivity index (χ0v) is 14.5. The average Bonchev–Trinajstić information content (AvgIpc) is 3.04. The average molecular weight is 329 g/mol. The fourth-order valence-corrected chi connectivity index (χ4v) is 3.11. The summed E-state index contributed by atoms with van der Waals surface area (Å²) in [6.45, 7) is 7.92. The summed E-state index contributed by atoms with van der Waals surface area (Å²) in [5, 5.41) is 12.4. The lowest BCUT2D eigenvalue weighted by atomic mass is 10.1. The van der Waals surface area contributed by atoms with Gasteiger partial charge in [0, 0.05) is 5.69 Å². The van der Waals surface area contributed by atoms with Crippen LogP contribution in [0.25, 0.3) is 0 Å². The molecule has 0 unspecified atom stereocenters. The molecule has 2 heterocycles. The third kappa shape index (κ3) is 3.93. The number of hydrogen-bond donors (Lipinski definition) is 1. The molecule has 2 aromatic rings. The molecule has 0 aliphatic heterocycles. The van der Waals surface area contributed by atoms with Crippen molar-refractivity contribution in [3.8, 4) is 6.07 Å². The second-order valence-corrected chi connectivity index (χ2v) is 6.63. The van der Waals surface area contributed by atoms with Gasteiger partial charge in [0.15, 0.2) is 0 Å². The molecule has 0 saturated heterocycles. The number of furan rings is 1. The van der Waals surface area contributed by atoms with E-state index in [0.717, 1.165) is 16.8 Å². The summed E-state index contributed by atoms with van der Waals surface area (Å²) in [5.41, 5.74) is 3.36. The van der Waals surface area contributed by atoms with Gasteiger partial charge >= 0.3 is 0 Å². The van der Waals surface area contributed by atoms with Gasteiger partial charge in [0.25, 0.3) is 0 Å². The maximum Gasteiger partial charge on any atom is 0.233 e. The molecular weight excluding hydrogens is 310 g/mol. The smallest absolute Gasteiger partial charge is 0.233 e. The van der Waals surface area contributed by atoms with Gasteiger partial charge in [-0.3, -0.25) is 4.79 Å². The lowest BCUT2D eigenvalue weighted by molar-refractivity contribution is -0.120. The molecule has 1 atom stereocenters. The summed E-state index contributed by atoms with van der Waals surface area (Å²) >= 11 is 1.30. The molecule has 2 aromatic heterocycles. The van der Waals surface area contributed by atoms with Gasteiger partial charge in [-0.15, -0.1) is 0 Å². The van der Waals surface area contributed by atoms with E-state index in [1.54, 1.807) is 25.3 Å². The van der Waals surface area contributed by atoms with Gasteiger partial charge in [-0.1, -0.05) is 11.8 Å². The lowest BCUT2D eigenvalue weighted by Crippen LogP contribution is -2.30. The number of hydrogen-bond acceptors (Lipinski definition) is 5. The van der Waals surface area contributed by atoms with Gasteiger partial charge in [-0.25, -0.2) is 4.98 Å². The quantitative estimate of drug-likeness (QED) is 0.852. The molecule has 1 amide bonds. The fraction of sp³-hybridized carbons (Fsp3) is 0.353. The van der Waals surface area contributed by atoms with E-state index in [1.165, 1.54) is 11.8 Å². The maximum absolute atomic E-state index is 12.2. The number of carbonyl (C=O) groups is 1. The van der Waals surface area contributed by atoms with E-state index in [9.17, 15) is 10.1 Å². The number of amides is 1. The summed E-state index contributed by atoms with van der Waals surface area (Å²) in [6, 6.07) is 5.78. The molecule has 0 aliphatic rings. The van der Waals surface area contributed by atoms with Gasteiger partial charge in [-0.05, 0) is 51.0 Å². The number of aryl methyl sites for hydroxylation is 1. The minimum Gasteiger partial charge on any atom is -0.467 e. The van der Waals surface area contributed by atoms with E-state index in [0.29, 0.717) is 22.9 Å². The van der Waals surface area contributed by atoms with Gasteiger partial charge in [0.1, 0.15) is 16.9 Å². The van der Waals surface area contributed by atoms with Crippen LogP contribution in [0.5, 0.6) is 0 Å². The number of pyridine rings is 1. The Morgan fingerprint density at radius 1 is 1.43 bits per heavy atom. The molecule has 120 valence electrons. The molecule has 0 radical (unpaired) electrons. The monoisotopic (exact) mass is 329 g/mol. The second kappa shape index (κ2) is 7.34. The number of rotatable bonds is 5. The van der Waals surface area contributed by atoms with Crippen LogP contribution in [0.1, 0.15) is 35.1 Å². The maximum atomic E-state index is 12.2. The first kappa shape index (κ1) is 17.1. The summed E-state index contributed by atoms with van der Waals surface area (Å²) in [6.07, 6.45) is 1.57. The van der Waals surface area contributed by atoms with E-state index < -0.39 is 0 Å². The summed E-state index contributed by atoms with van der Waals surface area (Å²) in [5.74, 6) is 0.585. The highest BCUT2D eigenvalue weighted by molar-refractivity contribution is 8.00. The fourth-order valence-electron chi connectivity index (χ4n) is 2.08. The third-order valence-corrected chi connectivity index (χ3v) is 4.84. The number of thioether (sulfide) groups is 1. The first-order chi connectivity index (χ1) is 10.9. The normalized spacial score (nSPS) is 11.8. The van der Waals surface area contributed by atoms with Crippen molar-refractivity contribution in [1.29, 1.82) is 5.26 Å². The largest absolute Gasteiger partial charge is 0.467 e. The van der Waals surface area contributed by atoms with Crippen molar-refractivity contribution in [2.45, 2.75) is 44.5 Å². The summed E-state index contributed by atoms with van der Waals surface area (Å²) in [7, 11) is 0. The molecule has 5 nitrogen and oxygen atoms in total. The predicted octanol–water partition coefficient (Wildman–Crippen LogP) is 3.27. The number of nitriles is 1. The molecule has 1 N–H and O–H groups in total. The number of carbonyl (C=O) groups excluding carboxylic acids is 1. The van der Waals surface area contributed by atoms with Crippen LogP contribution in [-0.2, 0) is 11.3 Å². The van der Waals surface area contributed by atoms with Crippen molar-refractivity contribution in [3.63, 3.8) is 0 Å². The zero-order chi connectivity index (χ0) is 17.0. The lowest BCUT2D eigenvalue weighted by Gasteiger charge is -2.14. The zero-order valence-electron chi connectivity index (χ0n) is 13.6. The standard InChI is InChI=1S/C17H19N3O2S/c1-10-11(2)15(8-18)17(20-12(10)3)23-13(4)16(21)19-9-14-6-5-7-22-14/h5-7,13H,9H2,1-4H3,(H,19,21)/t13-/m1/s1. The van der Waals surface area contributed by atoms with Crippen LogP contribution in [0.15, 0.2) is 27.8 Å². The van der Waals surface area contributed by atoms with Crippen molar-refractivity contribution in [1.82, 2.24) is 10.3 Å². The molecule has 0 bridgehead atoms. The molecule has 0 aromatic carbocycles. The SMILES string of the molecule is Cc1nc(S[C@H](C)C(=O)NCc2ccco2)c(C#N)c(C)c1C. The van der Waals surface area contributed by atoms with Crippen LogP contribution in [-0.4, -0.2) is 16.1 Å². The Morgan fingerprint density at radius 3 is 2.78 bits per heavy atom. The Labute approximate surface area is 140 Å². The highest BCUT2D eigenvalue weighted by Crippen LogP contribution is 2.29. The Balaban J connectivity index is 2.09. The number of nitrogens with zero attached hydrogens (tertiary/aromatic N) is 2. The van der Waals surface area contributed by atoms with Crippen LogP contribution in [0.2, 0.25) is 0 Å². The molecule has 0 saturated carbocycles. The Morgan fingerprint density at radius 2 is 2.17 bits per heavy atom. The van der Waals surface area contributed by atoms with Crippen LogP contribution in [0.4, 0.5) is 0 Å². The summed E-state index contributed by atoms with van der Waals surface area (Å²) < 4.78 is 5.19. The van der Waals surface area contributed by atoms with Crippen LogP contribution < -0.4 is 5.32 Å². The Bertz CT molecular complexity index is 748. The topological polar surface area (TPSA) is 78.9 Å². The molecular formula is C17H19N3O2S. The molecule has 23 heavy (non-hydrogen) atoms. The highest BCUT2D eigenvalue weighted by atomic mass is 32.2. The first-order valence-electron chi connectivity index (χ1n) is 7.28. The van der Waals surface area contributed by atoms with Gasteiger partial charge in [0.2, 0.25) is 5.91 Å². The molecule has 2 rings (SSSR count). The van der Waals surface area contributed by atoms with Crippen molar-refractivity contribution in [2.24, 2.45) is 0 Å².